The molecule has 0 aliphatic carbocycles. The molecule has 1 atom stereocenters. The molecule has 1 saturated heterocycles. The van der Waals surface area contributed by atoms with Crippen molar-refractivity contribution in [3.8, 4) is 11.1 Å². The number of rotatable bonds is 4. The molecule has 1 amide bonds. The van der Waals surface area contributed by atoms with Gasteiger partial charge in [0.1, 0.15) is 11.6 Å². The van der Waals surface area contributed by atoms with Gasteiger partial charge >= 0.3 is 6.09 Å². The van der Waals surface area contributed by atoms with Crippen molar-refractivity contribution in [3.05, 3.63) is 54.1 Å². The van der Waals surface area contributed by atoms with Gasteiger partial charge in [-0.05, 0) is 61.8 Å². The summed E-state index contributed by atoms with van der Waals surface area (Å²) in [6, 6.07) is 9.62. The Hall–Kier alpha value is -2.47. The average molecular weight is 346 g/mol. The maximum absolute atomic E-state index is 13.8. The summed E-state index contributed by atoms with van der Waals surface area (Å²) >= 11 is 0. The van der Waals surface area contributed by atoms with Crippen molar-refractivity contribution in [2.24, 2.45) is 5.92 Å². The van der Waals surface area contributed by atoms with Crippen LogP contribution in [0.25, 0.3) is 11.1 Å². The van der Waals surface area contributed by atoms with Crippen LogP contribution in [-0.2, 0) is 0 Å². The van der Waals surface area contributed by atoms with Gasteiger partial charge in [0.15, 0.2) is 0 Å². The summed E-state index contributed by atoms with van der Waals surface area (Å²) in [5, 5.41) is 9.70. The third-order valence-corrected chi connectivity index (χ3v) is 4.57. The molecule has 1 aliphatic heterocycles. The summed E-state index contributed by atoms with van der Waals surface area (Å²) in [5.41, 5.74) is 1.43. The quantitative estimate of drug-likeness (QED) is 0.908. The zero-order valence-corrected chi connectivity index (χ0v) is 14.0. The van der Waals surface area contributed by atoms with Crippen LogP contribution in [0.1, 0.15) is 6.42 Å². The fourth-order valence-corrected chi connectivity index (χ4v) is 3.32. The molecule has 1 aliphatic rings. The summed E-state index contributed by atoms with van der Waals surface area (Å²) in [4.78, 5) is 15.3. The van der Waals surface area contributed by atoms with E-state index in [0.717, 1.165) is 19.5 Å². The Kier molecular flexibility index (Phi) is 4.99. The Labute approximate surface area is 145 Å². The van der Waals surface area contributed by atoms with Crippen molar-refractivity contribution in [3.63, 3.8) is 0 Å². The number of nitrogens with zero attached hydrogens (tertiary/aromatic N) is 2. The number of likely N-dealkylation sites (tertiary alicyclic amines) is 1. The van der Waals surface area contributed by atoms with E-state index >= 15 is 0 Å². The van der Waals surface area contributed by atoms with Crippen molar-refractivity contribution in [2.75, 3.05) is 31.6 Å². The second-order valence-electron chi connectivity index (χ2n) is 6.48. The van der Waals surface area contributed by atoms with E-state index in [0.29, 0.717) is 23.4 Å². The smallest absolute Gasteiger partial charge is 0.411 e. The number of carbonyl (C=O) groups is 1. The van der Waals surface area contributed by atoms with E-state index < -0.39 is 17.7 Å². The molecule has 25 heavy (non-hydrogen) atoms. The predicted octanol–water partition coefficient (Wildman–Crippen LogP) is 4.07. The van der Waals surface area contributed by atoms with Crippen LogP contribution in [0.15, 0.2) is 42.5 Å². The van der Waals surface area contributed by atoms with E-state index in [1.54, 1.807) is 0 Å². The number of hydrogen-bond acceptors (Lipinski definition) is 2. The Balaban J connectivity index is 1.98. The molecule has 2 aromatic carbocycles. The monoisotopic (exact) mass is 346 g/mol. The molecule has 1 N–H and O–H groups in total. The van der Waals surface area contributed by atoms with Crippen molar-refractivity contribution >= 4 is 11.8 Å². The summed E-state index contributed by atoms with van der Waals surface area (Å²) in [6.45, 7) is 2.11. The first-order chi connectivity index (χ1) is 11.9. The number of carboxylic acid groups (broad SMARTS) is 1. The molecule has 0 aromatic heterocycles. The van der Waals surface area contributed by atoms with Crippen LogP contribution in [-0.4, -0.2) is 42.8 Å². The lowest BCUT2D eigenvalue weighted by molar-refractivity contribution is 0.200. The molecule has 1 heterocycles. The first-order valence-corrected chi connectivity index (χ1v) is 8.18. The zero-order valence-electron chi connectivity index (χ0n) is 14.0. The van der Waals surface area contributed by atoms with E-state index in [9.17, 15) is 18.7 Å². The Morgan fingerprint density at radius 1 is 1.20 bits per heavy atom. The second kappa shape index (κ2) is 7.19. The maximum Gasteiger partial charge on any atom is 0.411 e. The summed E-state index contributed by atoms with van der Waals surface area (Å²) in [7, 11) is 2.01. The highest BCUT2D eigenvalue weighted by Gasteiger charge is 2.27. The lowest BCUT2D eigenvalue weighted by Crippen LogP contribution is -2.35. The maximum atomic E-state index is 13.8. The van der Waals surface area contributed by atoms with Crippen molar-refractivity contribution < 1.29 is 18.7 Å². The molecule has 0 radical (unpaired) electrons. The van der Waals surface area contributed by atoms with E-state index in [1.807, 2.05) is 7.05 Å². The molecule has 1 fully saturated rings. The van der Waals surface area contributed by atoms with E-state index in [4.69, 9.17) is 0 Å². The van der Waals surface area contributed by atoms with Gasteiger partial charge in [0, 0.05) is 18.7 Å². The molecule has 4 nitrogen and oxygen atoms in total. The van der Waals surface area contributed by atoms with Crippen LogP contribution < -0.4 is 4.90 Å². The van der Waals surface area contributed by atoms with Crippen LogP contribution in [0, 0.1) is 17.6 Å². The number of benzene rings is 2. The van der Waals surface area contributed by atoms with Crippen molar-refractivity contribution in [2.45, 2.75) is 6.42 Å². The third kappa shape index (κ3) is 3.96. The fraction of sp³-hybridized carbons (Fsp3) is 0.316. The summed E-state index contributed by atoms with van der Waals surface area (Å²) < 4.78 is 27.0. The molecule has 0 saturated carbocycles. The molecule has 0 bridgehead atoms. The minimum atomic E-state index is -1.08. The minimum absolute atomic E-state index is 0.229. The Bertz CT molecular complexity index is 765. The van der Waals surface area contributed by atoms with Crippen LogP contribution in [0.5, 0.6) is 0 Å². The molecular weight excluding hydrogens is 326 g/mol. The number of anilines is 1. The molecule has 3 rings (SSSR count). The van der Waals surface area contributed by atoms with Gasteiger partial charge < -0.3 is 10.0 Å². The summed E-state index contributed by atoms with van der Waals surface area (Å²) in [6.07, 6.45) is -0.155. The Morgan fingerprint density at radius 2 is 1.88 bits per heavy atom. The van der Waals surface area contributed by atoms with Crippen LogP contribution in [0.2, 0.25) is 0 Å². The highest BCUT2D eigenvalue weighted by molar-refractivity contribution is 5.92. The highest BCUT2D eigenvalue weighted by atomic mass is 19.1. The molecule has 0 unspecified atom stereocenters. The van der Waals surface area contributed by atoms with Gasteiger partial charge in [0.2, 0.25) is 0 Å². The predicted molar refractivity (Wildman–Crippen MR) is 92.8 cm³/mol. The number of halogens is 2. The van der Waals surface area contributed by atoms with Crippen LogP contribution in [0.4, 0.5) is 19.3 Å². The van der Waals surface area contributed by atoms with Gasteiger partial charge in [-0.25, -0.2) is 13.6 Å². The van der Waals surface area contributed by atoms with Gasteiger partial charge in [-0.2, -0.15) is 0 Å². The van der Waals surface area contributed by atoms with Gasteiger partial charge in [0.25, 0.3) is 0 Å². The molecule has 6 heteroatoms. The lowest BCUT2D eigenvalue weighted by atomic mass is 10.0. The minimum Gasteiger partial charge on any atom is -0.465 e. The van der Waals surface area contributed by atoms with Gasteiger partial charge in [-0.1, -0.05) is 12.1 Å². The molecular formula is C19H20F2N2O2. The number of hydrogen-bond donors (Lipinski definition) is 1. The molecule has 2 aromatic rings. The molecule has 132 valence electrons. The van der Waals surface area contributed by atoms with E-state index in [2.05, 4.69) is 4.90 Å². The van der Waals surface area contributed by atoms with Gasteiger partial charge in [-0.15, -0.1) is 0 Å². The van der Waals surface area contributed by atoms with E-state index in [1.165, 1.54) is 47.4 Å². The van der Waals surface area contributed by atoms with Gasteiger partial charge in [0.05, 0.1) is 5.69 Å². The molecule has 0 spiro atoms. The van der Waals surface area contributed by atoms with Crippen LogP contribution in [0.3, 0.4) is 0 Å². The normalized spacial score (nSPS) is 17.6. The van der Waals surface area contributed by atoms with E-state index in [-0.39, 0.29) is 5.92 Å². The largest absolute Gasteiger partial charge is 0.465 e. The SMILES string of the molecule is CN1CC[C@@H](CN(C(=O)O)c2ccc(F)cc2-c2ccc(F)cc2)C1. The Morgan fingerprint density at radius 3 is 2.48 bits per heavy atom. The first-order valence-electron chi connectivity index (χ1n) is 8.18. The highest BCUT2D eigenvalue weighted by Crippen LogP contribution is 2.33. The van der Waals surface area contributed by atoms with Crippen molar-refractivity contribution in [1.82, 2.24) is 4.90 Å². The third-order valence-electron chi connectivity index (χ3n) is 4.57. The average Bonchev–Trinajstić information content (AvgIpc) is 2.98. The summed E-state index contributed by atoms with van der Waals surface area (Å²) in [5.74, 6) is -0.632. The number of amides is 1. The standard InChI is InChI=1S/C19H20F2N2O2/c1-22-9-8-13(11-22)12-23(19(24)25)18-7-6-16(21)10-17(18)14-2-4-15(20)5-3-14/h2-7,10,13H,8-9,11-12H2,1H3,(H,24,25)/t13-/m1/s1. The van der Waals surface area contributed by atoms with Crippen molar-refractivity contribution in [1.29, 1.82) is 0 Å². The zero-order chi connectivity index (χ0) is 18.0. The second-order valence-corrected chi connectivity index (χ2v) is 6.48. The van der Waals surface area contributed by atoms with Crippen LogP contribution >= 0.6 is 0 Å². The fourth-order valence-electron chi connectivity index (χ4n) is 3.32. The first kappa shape index (κ1) is 17.4. The topological polar surface area (TPSA) is 43.8 Å². The lowest BCUT2D eigenvalue weighted by Gasteiger charge is -2.25. The van der Waals surface area contributed by atoms with Gasteiger partial charge in [-0.3, -0.25) is 4.90 Å².